The molecule has 14 heavy (non-hydrogen) atoms. The fourth-order valence-electron chi connectivity index (χ4n) is 3.37. The van der Waals surface area contributed by atoms with Crippen molar-refractivity contribution in [3.8, 4) is 0 Å². The molecule has 0 aromatic heterocycles. The second kappa shape index (κ2) is 4.65. The zero-order valence-electron chi connectivity index (χ0n) is 9.76. The Hall–Kier alpha value is -0.0400. The Balaban J connectivity index is 1.89. The minimum atomic E-state index is 0.822. The van der Waals surface area contributed by atoms with Crippen molar-refractivity contribution in [1.29, 1.82) is 0 Å². The summed E-state index contributed by atoms with van der Waals surface area (Å²) in [4.78, 5) is 0. The first kappa shape index (κ1) is 10.5. The van der Waals surface area contributed by atoms with Crippen molar-refractivity contribution in [2.75, 3.05) is 6.54 Å². The van der Waals surface area contributed by atoms with Crippen molar-refractivity contribution in [2.24, 2.45) is 17.8 Å². The standard InChI is InChI=1S/C13H25N/c1-10(2)6-13-8-11-4-3-5-12(7-11)9-14-13/h10-14H,3-9H2,1-2H3. The van der Waals surface area contributed by atoms with Gasteiger partial charge >= 0.3 is 0 Å². The highest BCUT2D eigenvalue weighted by atomic mass is 14.9. The topological polar surface area (TPSA) is 12.0 Å². The van der Waals surface area contributed by atoms with E-state index in [1.165, 1.54) is 45.1 Å². The number of nitrogens with one attached hydrogen (secondary N) is 1. The lowest BCUT2D eigenvalue weighted by molar-refractivity contribution is 0.275. The van der Waals surface area contributed by atoms with E-state index in [4.69, 9.17) is 0 Å². The van der Waals surface area contributed by atoms with Crippen molar-refractivity contribution >= 4 is 0 Å². The maximum Gasteiger partial charge on any atom is 0.00722 e. The fourth-order valence-corrected chi connectivity index (χ4v) is 3.37. The fraction of sp³-hybridized carbons (Fsp3) is 1.00. The maximum absolute atomic E-state index is 3.78. The zero-order chi connectivity index (χ0) is 9.97. The smallest absolute Gasteiger partial charge is 0.00722 e. The molecule has 2 rings (SSSR count). The van der Waals surface area contributed by atoms with E-state index in [0.29, 0.717) is 0 Å². The Labute approximate surface area is 88.7 Å². The van der Waals surface area contributed by atoms with E-state index in [2.05, 4.69) is 19.2 Å². The highest BCUT2D eigenvalue weighted by Gasteiger charge is 2.28. The molecule has 2 aliphatic rings. The third-order valence-corrected chi connectivity index (χ3v) is 3.96. The third kappa shape index (κ3) is 2.73. The van der Waals surface area contributed by atoms with Crippen LogP contribution in [0.15, 0.2) is 0 Å². The lowest BCUT2D eigenvalue weighted by Crippen LogP contribution is -2.31. The van der Waals surface area contributed by atoms with Crippen LogP contribution in [0.1, 0.15) is 52.4 Å². The molecule has 1 N–H and O–H groups in total. The van der Waals surface area contributed by atoms with E-state index in [1.54, 1.807) is 0 Å². The Bertz CT molecular complexity index is 176. The minimum Gasteiger partial charge on any atom is -0.314 e. The quantitative estimate of drug-likeness (QED) is 0.713. The molecule has 0 aromatic carbocycles. The summed E-state index contributed by atoms with van der Waals surface area (Å²) in [5, 5.41) is 3.78. The lowest BCUT2D eigenvalue weighted by Gasteiger charge is -2.25. The Morgan fingerprint density at radius 2 is 1.93 bits per heavy atom. The van der Waals surface area contributed by atoms with Gasteiger partial charge in [-0.1, -0.05) is 26.7 Å². The van der Waals surface area contributed by atoms with E-state index in [9.17, 15) is 0 Å². The molecular weight excluding hydrogens is 170 g/mol. The summed E-state index contributed by atoms with van der Waals surface area (Å²) < 4.78 is 0. The van der Waals surface area contributed by atoms with E-state index < -0.39 is 0 Å². The maximum atomic E-state index is 3.78. The van der Waals surface area contributed by atoms with Crippen LogP contribution < -0.4 is 5.32 Å². The van der Waals surface area contributed by atoms with Crippen LogP contribution in [0.3, 0.4) is 0 Å². The first-order chi connectivity index (χ1) is 6.74. The van der Waals surface area contributed by atoms with Crippen LogP contribution in [-0.4, -0.2) is 12.6 Å². The van der Waals surface area contributed by atoms with Gasteiger partial charge in [0.2, 0.25) is 0 Å². The highest BCUT2D eigenvalue weighted by Crippen LogP contribution is 2.34. The molecule has 1 saturated heterocycles. The molecule has 0 radical (unpaired) electrons. The monoisotopic (exact) mass is 195 g/mol. The second-order valence-electron chi connectivity index (χ2n) is 5.87. The molecule has 0 aromatic rings. The average Bonchev–Trinajstić information content (AvgIpc) is 2.25. The van der Waals surface area contributed by atoms with Crippen molar-refractivity contribution in [3.05, 3.63) is 0 Å². The van der Waals surface area contributed by atoms with Crippen LogP contribution in [0.5, 0.6) is 0 Å². The van der Waals surface area contributed by atoms with E-state index in [0.717, 1.165) is 23.8 Å². The summed E-state index contributed by atoms with van der Waals surface area (Å²) in [5.74, 6) is 2.91. The first-order valence-electron chi connectivity index (χ1n) is 6.47. The Morgan fingerprint density at radius 1 is 1.14 bits per heavy atom. The molecule has 0 spiro atoms. The number of hydrogen-bond acceptors (Lipinski definition) is 1. The van der Waals surface area contributed by atoms with Gasteiger partial charge in [0.05, 0.1) is 0 Å². The summed E-state index contributed by atoms with van der Waals surface area (Å²) in [5.41, 5.74) is 0. The lowest BCUT2D eigenvalue weighted by atomic mass is 9.80. The Kier molecular flexibility index (Phi) is 3.48. The average molecular weight is 195 g/mol. The summed E-state index contributed by atoms with van der Waals surface area (Å²) in [6.07, 6.45) is 8.83. The third-order valence-electron chi connectivity index (χ3n) is 3.96. The van der Waals surface area contributed by atoms with Gasteiger partial charge in [-0.2, -0.15) is 0 Å². The van der Waals surface area contributed by atoms with Gasteiger partial charge in [0.25, 0.3) is 0 Å². The van der Waals surface area contributed by atoms with Crippen LogP contribution in [0.4, 0.5) is 0 Å². The molecule has 1 aliphatic carbocycles. The predicted molar refractivity (Wildman–Crippen MR) is 61.3 cm³/mol. The molecule has 1 saturated carbocycles. The molecular formula is C13H25N. The summed E-state index contributed by atoms with van der Waals surface area (Å²) in [7, 11) is 0. The van der Waals surface area contributed by atoms with Crippen molar-refractivity contribution in [1.82, 2.24) is 5.32 Å². The SMILES string of the molecule is CC(C)CC1CC2CCCC(CN1)C2. The predicted octanol–water partition coefficient (Wildman–Crippen LogP) is 3.20. The summed E-state index contributed by atoms with van der Waals surface area (Å²) >= 11 is 0. The van der Waals surface area contributed by atoms with E-state index in [1.807, 2.05) is 0 Å². The number of fused-ring (bicyclic) bond motifs is 2. The van der Waals surface area contributed by atoms with Crippen molar-refractivity contribution < 1.29 is 0 Å². The number of rotatable bonds is 2. The highest BCUT2D eigenvalue weighted by molar-refractivity contribution is 4.84. The molecule has 2 bridgehead atoms. The van der Waals surface area contributed by atoms with Crippen LogP contribution in [0.25, 0.3) is 0 Å². The molecule has 1 nitrogen and oxygen atoms in total. The van der Waals surface area contributed by atoms with Crippen molar-refractivity contribution in [3.63, 3.8) is 0 Å². The number of hydrogen-bond donors (Lipinski definition) is 1. The van der Waals surface area contributed by atoms with Gasteiger partial charge in [0, 0.05) is 6.04 Å². The van der Waals surface area contributed by atoms with Gasteiger partial charge < -0.3 is 5.32 Å². The summed E-state index contributed by atoms with van der Waals surface area (Å²) in [6.45, 7) is 5.99. The molecule has 2 fully saturated rings. The van der Waals surface area contributed by atoms with Gasteiger partial charge in [-0.15, -0.1) is 0 Å². The molecule has 82 valence electrons. The first-order valence-corrected chi connectivity index (χ1v) is 6.47. The molecule has 1 heteroatoms. The summed E-state index contributed by atoms with van der Waals surface area (Å²) in [6, 6.07) is 0.822. The molecule has 1 aliphatic heterocycles. The molecule has 1 heterocycles. The van der Waals surface area contributed by atoms with E-state index >= 15 is 0 Å². The van der Waals surface area contributed by atoms with Gasteiger partial charge in [0.1, 0.15) is 0 Å². The van der Waals surface area contributed by atoms with Crippen LogP contribution in [-0.2, 0) is 0 Å². The van der Waals surface area contributed by atoms with Gasteiger partial charge in [-0.05, 0) is 50.0 Å². The largest absolute Gasteiger partial charge is 0.314 e. The zero-order valence-corrected chi connectivity index (χ0v) is 9.76. The molecule has 3 unspecified atom stereocenters. The van der Waals surface area contributed by atoms with E-state index in [-0.39, 0.29) is 0 Å². The van der Waals surface area contributed by atoms with Gasteiger partial charge in [-0.3, -0.25) is 0 Å². The minimum absolute atomic E-state index is 0.822. The van der Waals surface area contributed by atoms with Gasteiger partial charge in [-0.25, -0.2) is 0 Å². The molecule has 3 atom stereocenters. The van der Waals surface area contributed by atoms with Crippen molar-refractivity contribution in [2.45, 2.75) is 58.4 Å². The van der Waals surface area contributed by atoms with Crippen LogP contribution in [0.2, 0.25) is 0 Å². The van der Waals surface area contributed by atoms with Crippen LogP contribution >= 0.6 is 0 Å². The Morgan fingerprint density at radius 3 is 2.71 bits per heavy atom. The molecule has 0 amide bonds. The normalized spacial score (nSPS) is 38.4. The second-order valence-corrected chi connectivity index (χ2v) is 5.87. The van der Waals surface area contributed by atoms with Crippen LogP contribution in [0, 0.1) is 17.8 Å². The van der Waals surface area contributed by atoms with Gasteiger partial charge in [0.15, 0.2) is 0 Å².